The molecule has 0 unspecified atom stereocenters. The summed E-state index contributed by atoms with van der Waals surface area (Å²) in [6.45, 7) is 0. The van der Waals surface area contributed by atoms with Crippen LogP contribution in [-0.4, -0.2) is 0 Å². The molecule has 0 radical (unpaired) electrons. The molecule has 0 fully saturated rings. The molecule has 1 aliphatic rings. The van der Waals surface area contributed by atoms with Crippen LogP contribution in [0.15, 0.2) is 224 Å². The lowest BCUT2D eigenvalue weighted by molar-refractivity contribution is 0.768. The van der Waals surface area contributed by atoms with Crippen molar-refractivity contribution in [3.63, 3.8) is 0 Å². The first-order chi connectivity index (χ1) is 28.8. The van der Waals surface area contributed by atoms with Crippen molar-refractivity contribution in [3.8, 4) is 11.1 Å². The average Bonchev–Trinajstić information content (AvgIpc) is 3.59. The summed E-state index contributed by atoms with van der Waals surface area (Å²) in [6.07, 6.45) is 0. The van der Waals surface area contributed by atoms with E-state index >= 15 is 0 Å². The predicted molar refractivity (Wildman–Crippen MR) is 246 cm³/mol. The smallest absolute Gasteiger partial charge is 0.0714 e. The van der Waals surface area contributed by atoms with Gasteiger partial charge in [0.1, 0.15) is 0 Å². The fraction of sp³-hybridized carbons (Fsp3) is 0.0175. The molecule has 0 heterocycles. The Balaban J connectivity index is 1.21. The molecule has 0 saturated carbocycles. The summed E-state index contributed by atoms with van der Waals surface area (Å²) < 4.78 is 0. The van der Waals surface area contributed by atoms with E-state index in [1.54, 1.807) is 0 Å². The van der Waals surface area contributed by atoms with Gasteiger partial charge in [-0.1, -0.05) is 194 Å². The van der Waals surface area contributed by atoms with E-state index in [9.17, 15) is 0 Å². The highest BCUT2D eigenvalue weighted by Crippen LogP contribution is 2.57. The van der Waals surface area contributed by atoms with Crippen LogP contribution < -0.4 is 4.90 Å². The highest BCUT2D eigenvalue weighted by Gasteiger charge is 2.46. The monoisotopic (exact) mass is 735 g/mol. The Kier molecular flexibility index (Phi) is 7.21. The molecule has 0 saturated heterocycles. The number of benzene rings is 11. The van der Waals surface area contributed by atoms with E-state index in [-0.39, 0.29) is 0 Å². The second-order valence-corrected chi connectivity index (χ2v) is 15.6. The van der Waals surface area contributed by atoms with Crippen LogP contribution >= 0.6 is 0 Å². The minimum absolute atomic E-state index is 0.514. The summed E-state index contributed by atoms with van der Waals surface area (Å²) in [5, 5.41) is 12.5. The van der Waals surface area contributed by atoms with Gasteiger partial charge in [0, 0.05) is 22.1 Å². The van der Waals surface area contributed by atoms with Crippen LogP contribution in [-0.2, 0) is 5.41 Å². The maximum Gasteiger partial charge on any atom is 0.0714 e. The molecular weight excluding hydrogens is 699 g/mol. The Labute approximate surface area is 337 Å². The Morgan fingerprint density at radius 2 is 0.828 bits per heavy atom. The van der Waals surface area contributed by atoms with Crippen molar-refractivity contribution in [2.24, 2.45) is 0 Å². The molecule has 1 aliphatic carbocycles. The van der Waals surface area contributed by atoms with Crippen molar-refractivity contribution >= 4 is 70.9 Å². The highest BCUT2D eigenvalue weighted by atomic mass is 15.1. The van der Waals surface area contributed by atoms with E-state index < -0.39 is 5.41 Å². The van der Waals surface area contributed by atoms with Crippen LogP contribution in [0, 0.1) is 0 Å². The molecule has 0 aliphatic heterocycles. The van der Waals surface area contributed by atoms with Gasteiger partial charge in [-0.05, 0) is 107 Å². The Bertz CT molecular complexity index is 3360. The van der Waals surface area contributed by atoms with Crippen molar-refractivity contribution < 1.29 is 0 Å². The molecule has 12 rings (SSSR count). The topological polar surface area (TPSA) is 3.24 Å². The number of rotatable bonds is 5. The van der Waals surface area contributed by atoms with Crippen LogP contribution in [0.25, 0.3) is 65.0 Å². The Hall–Kier alpha value is -7.48. The maximum atomic E-state index is 2.52. The van der Waals surface area contributed by atoms with Gasteiger partial charge in [0.25, 0.3) is 0 Å². The standard InChI is InChI=1S/C57H37N/c1-3-19-43(20-4-1)57(44-21-5-2-6-22-44)52-26-14-13-25-49(52)50-34-32-46(37-53(50)57)58(45-31-29-38-15-7-8-17-41(38)35-45)54-36-42-18-10-12-24-48(42)56-51(54)33-30-40-28-27-39-16-9-11-23-47(39)55(40)56/h1-37H. The lowest BCUT2D eigenvalue weighted by Crippen LogP contribution is -2.28. The first-order valence-corrected chi connectivity index (χ1v) is 20.2. The van der Waals surface area contributed by atoms with Crippen LogP contribution in [0.1, 0.15) is 22.3 Å². The van der Waals surface area contributed by atoms with E-state index in [1.165, 1.54) is 87.2 Å². The van der Waals surface area contributed by atoms with Crippen molar-refractivity contribution in [2.45, 2.75) is 5.41 Å². The first-order valence-electron chi connectivity index (χ1n) is 20.2. The van der Waals surface area contributed by atoms with Crippen molar-refractivity contribution in [3.05, 3.63) is 247 Å². The minimum atomic E-state index is -0.514. The second-order valence-electron chi connectivity index (χ2n) is 15.6. The van der Waals surface area contributed by atoms with E-state index in [0.29, 0.717) is 0 Å². The third kappa shape index (κ3) is 4.71. The number of anilines is 3. The molecule has 11 aromatic rings. The molecule has 11 aromatic carbocycles. The third-order valence-electron chi connectivity index (χ3n) is 12.6. The van der Waals surface area contributed by atoms with E-state index in [0.717, 1.165) is 17.1 Å². The summed E-state index contributed by atoms with van der Waals surface area (Å²) in [4.78, 5) is 2.52. The number of hydrogen-bond donors (Lipinski definition) is 0. The largest absolute Gasteiger partial charge is 0.310 e. The SMILES string of the molecule is c1ccc(C2(c3ccccc3)c3ccccc3-c3ccc(N(c4ccc5ccccc5c4)c4cc5ccccc5c5c4ccc4ccc6ccccc6c45)cc32)cc1. The molecule has 0 bridgehead atoms. The van der Waals surface area contributed by atoms with Gasteiger partial charge in [-0.2, -0.15) is 0 Å². The summed E-state index contributed by atoms with van der Waals surface area (Å²) in [5.41, 5.74) is 10.5. The first kappa shape index (κ1) is 32.7. The third-order valence-corrected chi connectivity index (χ3v) is 12.6. The molecule has 0 spiro atoms. The number of hydrogen-bond acceptors (Lipinski definition) is 1. The maximum absolute atomic E-state index is 2.52. The molecule has 270 valence electrons. The zero-order chi connectivity index (χ0) is 38.2. The van der Waals surface area contributed by atoms with Crippen molar-refractivity contribution in [1.29, 1.82) is 0 Å². The van der Waals surface area contributed by atoms with Crippen LogP contribution in [0.3, 0.4) is 0 Å². The summed E-state index contributed by atoms with van der Waals surface area (Å²) in [6, 6.07) is 83.4. The average molecular weight is 736 g/mol. The van der Waals surface area contributed by atoms with Crippen molar-refractivity contribution in [1.82, 2.24) is 0 Å². The Morgan fingerprint density at radius 1 is 0.293 bits per heavy atom. The van der Waals surface area contributed by atoms with Gasteiger partial charge in [-0.3, -0.25) is 0 Å². The molecule has 1 nitrogen and oxygen atoms in total. The zero-order valence-electron chi connectivity index (χ0n) is 31.8. The lowest BCUT2D eigenvalue weighted by Gasteiger charge is -2.35. The normalized spacial score (nSPS) is 13.0. The molecule has 0 atom stereocenters. The van der Waals surface area contributed by atoms with Gasteiger partial charge < -0.3 is 4.90 Å². The van der Waals surface area contributed by atoms with Crippen molar-refractivity contribution in [2.75, 3.05) is 4.90 Å². The molecule has 1 heteroatoms. The van der Waals surface area contributed by atoms with Gasteiger partial charge in [0.2, 0.25) is 0 Å². The quantitative estimate of drug-likeness (QED) is 0.159. The van der Waals surface area contributed by atoms with Gasteiger partial charge in [-0.25, -0.2) is 0 Å². The van der Waals surface area contributed by atoms with E-state index in [4.69, 9.17) is 0 Å². The Morgan fingerprint density at radius 3 is 1.60 bits per heavy atom. The van der Waals surface area contributed by atoms with Crippen LogP contribution in [0.5, 0.6) is 0 Å². The summed E-state index contributed by atoms with van der Waals surface area (Å²) >= 11 is 0. The predicted octanol–water partition coefficient (Wildman–Crippen LogP) is 15.3. The fourth-order valence-electron chi connectivity index (χ4n) is 10.2. The molecular formula is C57H37N. The highest BCUT2D eigenvalue weighted by molar-refractivity contribution is 6.30. The van der Waals surface area contributed by atoms with Gasteiger partial charge in [-0.15, -0.1) is 0 Å². The zero-order valence-corrected chi connectivity index (χ0v) is 31.8. The number of fused-ring (bicyclic) bond motifs is 11. The second kappa shape index (κ2) is 12.8. The molecule has 0 aromatic heterocycles. The van der Waals surface area contributed by atoms with Crippen LogP contribution in [0.2, 0.25) is 0 Å². The van der Waals surface area contributed by atoms with Gasteiger partial charge in [0.15, 0.2) is 0 Å². The van der Waals surface area contributed by atoms with Gasteiger partial charge >= 0.3 is 0 Å². The summed E-state index contributed by atoms with van der Waals surface area (Å²) in [5.74, 6) is 0. The van der Waals surface area contributed by atoms with E-state index in [2.05, 4.69) is 229 Å². The van der Waals surface area contributed by atoms with E-state index in [1.807, 2.05) is 0 Å². The van der Waals surface area contributed by atoms with Crippen LogP contribution in [0.4, 0.5) is 17.1 Å². The lowest BCUT2D eigenvalue weighted by atomic mass is 9.67. The minimum Gasteiger partial charge on any atom is -0.310 e. The van der Waals surface area contributed by atoms with Gasteiger partial charge in [0.05, 0.1) is 11.1 Å². The fourth-order valence-corrected chi connectivity index (χ4v) is 10.2. The molecule has 0 N–H and O–H groups in total. The molecule has 58 heavy (non-hydrogen) atoms. The summed E-state index contributed by atoms with van der Waals surface area (Å²) in [7, 11) is 0. The molecule has 0 amide bonds. The number of nitrogens with zero attached hydrogens (tertiary/aromatic N) is 1.